The van der Waals surface area contributed by atoms with E-state index in [9.17, 15) is 4.79 Å². The molecule has 0 radical (unpaired) electrons. The summed E-state index contributed by atoms with van der Waals surface area (Å²) in [5.74, 6) is 0.0151. The molecule has 3 aromatic heterocycles. The molecule has 3 rings (SSSR count). The number of nitrogens with zero attached hydrogens (tertiary/aromatic N) is 2. The van der Waals surface area contributed by atoms with Crippen LogP contribution in [0.1, 0.15) is 21.9 Å². The summed E-state index contributed by atoms with van der Waals surface area (Å²) in [5, 5.41) is 2.78. The van der Waals surface area contributed by atoms with Gasteiger partial charge < -0.3 is 14.1 Å². The van der Waals surface area contributed by atoms with Gasteiger partial charge in [-0.3, -0.25) is 4.79 Å². The Labute approximate surface area is 123 Å². The van der Waals surface area contributed by atoms with Crippen LogP contribution in [0.5, 0.6) is 0 Å². The molecular formula is C14H12BrN3O2. The quantitative estimate of drug-likeness (QED) is 0.801. The van der Waals surface area contributed by atoms with Gasteiger partial charge in [-0.2, -0.15) is 0 Å². The molecule has 0 fully saturated rings. The van der Waals surface area contributed by atoms with Crippen LogP contribution in [0, 0.1) is 6.92 Å². The number of halogens is 1. The van der Waals surface area contributed by atoms with E-state index in [0.29, 0.717) is 11.2 Å². The van der Waals surface area contributed by atoms with Crippen molar-refractivity contribution in [3.05, 3.63) is 58.3 Å². The third-order valence-corrected chi connectivity index (χ3v) is 3.40. The molecule has 20 heavy (non-hydrogen) atoms. The first-order chi connectivity index (χ1) is 9.63. The second-order valence-corrected chi connectivity index (χ2v) is 5.20. The molecule has 0 bridgehead atoms. The number of carbonyl (C=O) groups excluding carboxylic acids is 1. The van der Waals surface area contributed by atoms with Crippen LogP contribution in [0.4, 0.5) is 0 Å². The zero-order valence-corrected chi connectivity index (χ0v) is 12.3. The highest BCUT2D eigenvalue weighted by Crippen LogP contribution is 2.14. The monoisotopic (exact) mass is 333 g/mol. The molecule has 1 N–H and O–H groups in total. The van der Waals surface area contributed by atoms with E-state index >= 15 is 0 Å². The minimum Gasteiger partial charge on any atom is -0.444 e. The maximum atomic E-state index is 11.9. The molecule has 0 atom stereocenters. The molecule has 0 spiro atoms. The smallest absolute Gasteiger partial charge is 0.287 e. The Morgan fingerprint density at radius 2 is 2.25 bits per heavy atom. The number of fused-ring (bicyclic) bond motifs is 1. The van der Waals surface area contributed by atoms with E-state index in [1.165, 1.54) is 0 Å². The molecule has 0 aromatic carbocycles. The zero-order chi connectivity index (χ0) is 14.1. The third kappa shape index (κ3) is 2.46. The van der Waals surface area contributed by atoms with Crippen LogP contribution in [-0.4, -0.2) is 15.3 Å². The summed E-state index contributed by atoms with van der Waals surface area (Å²) in [4.78, 5) is 16.3. The second-order valence-electron chi connectivity index (χ2n) is 4.41. The predicted octanol–water partition coefficient (Wildman–Crippen LogP) is 2.93. The average molecular weight is 334 g/mol. The van der Waals surface area contributed by atoms with Crippen molar-refractivity contribution in [2.24, 2.45) is 0 Å². The predicted molar refractivity (Wildman–Crippen MR) is 77.5 cm³/mol. The van der Waals surface area contributed by atoms with Gasteiger partial charge in [-0.15, -0.1) is 0 Å². The van der Waals surface area contributed by atoms with Crippen molar-refractivity contribution in [3.63, 3.8) is 0 Å². The first kappa shape index (κ1) is 12.9. The van der Waals surface area contributed by atoms with Crippen molar-refractivity contribution in [2.45, 2.75) is 13.5 Å². The lowest BCUT2D eigenvalue weighted by Crippen LogP contribution is -2.22. The topological polar surface area (TPSA) is 59.5 Å². The SMILES string of the molecule is Cc1cccc2nc(CNC(=O)c3ccc(Br)o3)cn12. The number of aryl methyl sites for hydroxylation is 1. The van der Waals surface area contributed by atoms with Gasteiger partial charge in [-0.05, 0) is 47.1 Å². The van der Waals surface area contributed by atoms with Gasteiger partial charge in [-0.1, -0.05) is 6.07 Å². The normalized spacial score (nSPS) is 10.9. The Balaban J connectivity index is 1.74. The van der Waals surface area contributed by atoms with E-state index < -0.39 is 0 Å². The van der Waals surface area contributed by atoms with E-state index in [-0.39, 0.29) is 11.7 Å². The lowest BCUT2D eigenvalue weighted by Gasteiger charge is -1.99. The van der Waals surface area contributed by atoms with E-state index in [2.05, 4.69) is 26.2 Å². The Morgan fingerprint density at radius 1 is 1.40 bits per heavy atom. The van der Waals surface area contributed by atoms with Gasteiger partial charge in [0, 0.05) is 11.9 Å². The summed E-state index contributed by atoms with van der Waals surface area (Å²) in [6, 6.07) is 9.20. The Bertz CT molecular complexity index is 776. The molecule has 0 aliphatic heterocycles. The first-order valence-corrected chi connectivity index (χ1v) is 6.90. The van der Waals surface area contributed by atoms with Crippen LogP contribution in [0.15, 0.2) is 45.6 Å². The average Bonchev–Trinajstić information content (AvgIpc) is 3.03. The van der Waals surface area contributed by atoms with E-state index in [4.69, 9.17) is 4.42 Å². The molecule has 0 unspecified atom stereocenters. The third-order valence-electron chi connectivity index (χ3n) is 2.97. The van der Waals surface area contributed by atoms with Gasteiger partial charge in [0.1, 0.15) is 5.65 Å². The van der Waals surface area contributed by atoms with Gasteiger partial charge in [0.15, 0.2) is 10.4 Å². The van der Waals surface area contributed by atoms with Crippen molar-refractivity contribution in [3.8, 4) is 0 Å². The van der Waals surface area contributed by atoms with Crippen LogP contribution in [0.3, 0.4) is 0 Å². The van der Waals surface area contributed by atoms with Crippen molar-refractivity contribution in [2.75, 3.05) is 0 Å². The molecule has 5 nitrogen and oxygen atoms in total. The fourth-order valence-corrected chi connectivity index (χ4v) is 2.28. The molecule has 3 aromatic rings. The summed E-state index contributed by atoms with van der Waals surface area (Å²) < 4.78 is 7.72. The lowest BCUT2D eigenvalue weighted by atomic mass is 10.4. The number of rotatable bonds is 3. The number of nitrogens with one attached hydrogen (secondary N) is 1. The maximum Gasteiger partial charge on any atom is 0.287 e. The highest BCUT2D eigenvalue weighted by Gasteiger charge is 2.11. The van der Waals surface area contributed by atoms with Crippen LogP contribution in [0.2, 0.25) is 0 Å². The van der Waals surface area contributed by atoms with Crippen molar-refractivity contribution in [1.29, 1.82) is 0 Å². The Hall–Kier alpha value is -2.08. The fraction of sp³-hybridized carbons (Fsp3) is 0.143. The molecule has 0 saturated carbocycles. The van der Waals surface area contributed by atoms with E-state index in [1.807, 2.05) is 35.7 Å². The van der Waals surface area contributed by atoms with Gasteiger partial charge in [0.25, 0.3) is 5.91 Å². The molecule has 0 saturated heterocycles. The maximum absolute atomic E-state index is 11.9. The van der Waals surface area contributed by atoms with Crippen molar-refractivity contribution in [1.82, 2.24) is 14.7 Å². The lowest BCUT2D eigenvalue weighted by molar-refractivity contribution is 0.0921. The number of hydrogen-bond donors (Lipinski definition) is 1. The minimum atomic E-state index is -0.260. The number of amides is 1. The standard InChI is InChI=1S/C14H12BrN3O2/c1-9-3-2-4-13-17-10(8-18(9)13)7-16-14(19)11-5-6-12(15)20-11/h2-6,8H,7H2,1H3,(H,16,19). The molecule has 102 valence electrons. The number of pyridine rings is 1. The summed E-state index contributed by atoms with van der Waals surface area (Å²) in [7, 11) is 0. The second kappa shape index (κ2) is 5.13. The molecule has 0 aliphatic rings. The van der Waals surface area contributed by atoms with Crippen LogP contribution < -0.4 is 5.32 Å². The van der Waals surface area contributed by atoms with Crippen LogP contribution in [0.25, 0.3) is 5.65 Å². The summed E-state index contributed by atoms with van der Waals surface area (Å²) >= 11 is 3.17. The number of hydrogen-bond acceptors (Lipinski definition) is 3. The molecule has 3 heterocycles. The first-order valence-electron chi connectivity index (χ1n) is 6.10. The van der Waals surface area contributed by atoms with Gasteiger partial charge >= 0.3 is 0 Å². The fourth-order valence-electron chi connectivity index (χ4n) is 1.98. The number of imidazole rings is 1. The van der Waals surface area contributed by atoms with Crippen LogP contribution in [-0.2, 0) is 6.54 Å². The molecular weight excluding hydrogens is 322 g/mol. The summed E-state index contributed by atoms with van der Waals surface area (Å²) in [5.41, 5.74) is 2.77. The van der Waals surface area contributed by atoms with Crippen LogP contribution >= 0.6 is 15.9 Å². The number of aromatic nitrogens is 2. The highest BCUT2D eigenvalue weighted by molar-refractivity contribution is 9.10. The molecule has 1 amide bonds. The van der Waals surface area contributed by atoms with E-state index in [0.717, 1.165) is 17.0 Å². The molecule has 6 heteroatoms. The number of carbonyl (C=O) groups is 1. The van der Waals surface area contributed by atoms with E-state index in [1.54, 1.807) is 12.1 Å². The summed E-state index contributed by atoms with van der Waals surface area (Å²) in [6.07, 6.45) is 1.92. The molecule has 0 aliphatic carbocycles. The zero-order valence-electron chi connectivity index (χ0n) is 10.8. The Morgan fingerprint density at radius 3 is 2.95 bits per heavy atom. The minimum absolute atomic E-state index is 0.260. The van der Waals surface area contributed by atoms with Crippen molar-refractivity contribution < 1.29 is 9.21 Å². The van der Waals surface area contributed by atoms with Gasteiger partial charge in [0.05, 0.1) is 12.2 Å². The number of furan rings is 1. The largest absolute Gasteiger partial charge is 0.444 e. The summed E-state index contributed by atoms with van der Waals surface area (Å²) in [6.45, 7) is 2.37. The highest BCUT2D eigenvalue weighted by atomic mass is 79.9. The van der Waals surface area contributed by atoms with Gasteiger partial charge in [-0.25, -0.2) is 4.98 Å². The van der Waals surface area contributed by atoms with Gasteiger partial charge in [0.2, 0.25) is 0 Å². The Kier molecular flexibility index (Phi) is 3.31. The van der Waals surface area contributed by atoms with Crippen molar-refractivity contribution >= 4 is 27.5 Å².